The Labute approximate surface area is 168 Å². The number of ether oxygens (including phenoxy) is 1. The van der Waals surface area contributed by atoms with Crippen LogP contribution in [0.15, 0.2) is 72.8 Å². The van der Waals surface area contributed by atoms with Gasteiger partial charge in [-0.1, -0.05) is 59.6 Å². The predicted octanol–water partition coefficient (Wildman–Crippen LogP) is 6.48. The SMILES string of the molecule is Clc1cccc(-c2nc3ccccc3n2CCCOc2ccccc2Cl)c1. The predicted molar refractivity (Wildman–Crippen MR) is 112 cm³/mol. The number of halogens is 2. The summed E-state index contributed by atoms with van der Waals surface area (Å²) in [7, 11) is 0. The molecule has 27 heavy (non-hydrogen) atoms. The van der Waals surface area contributed by atoms with Crippen molar-refractivity contribution < 1.29 is 4.74 Å². The minimum atomic E-state index is 0.575. The van der Waals surface area contributed by atoms with Gasteiger partial charge < -0.3 is 9.30 Å². The van der Waals surface area contributed by atoms with Crippen LogP contribution in [0.3, 0.4) is 0 Å². The first-order valence-corrected chi connectivity index (χ1v) is 9.56. The summed E-state index contributed by atoms with van der Waals surface area (Å²) >= 11 is 12.3. The summed E-state index contributed by atoms with van der Waals surface area (Å²) in [5, 5.41) is 1.33. The van der Waals surface area contributed by atoms with Gasteiger partial charge in [0.2, 0.25) is 0 Å². The molecule has 4 rings (SSSR count). The van der Waals surface area contributed by atoms with Crippen LogP contribution in [0.4, 0.5) is 0 Å². The summed E-state index contributed by atoms with van der Waals surface area (Å²) in [5.41, 5.74) is 3.08. The van der Waals surface area contributed by atoms with Gasteiger partial charge >= 0.3 is 0 Å². The molecule has 0 aliphatic rings. The summed E-state index contributed by atoms with van der Waals surface area (Å²) in [5.74, 6) is 1.63. The van der Waals surface area contributed by atoms with Crippen molar-refractivity contribution in [2.45, 2.75) is 13.0 Å². The van der Waals surface area contributed by atoms with E-state index in [0.717, 1.165) is 35.4 Å². The van der Waals surface area contributed by atoms with E-state index in [9.17, 15) is 0 Å². The van der Waals surface area contributed by atoms with Crippen molar-refractivity contribution in [3.05, 3.63) is 82.8 Å². The minimum Gasteiger partial charge on any atom is -0.492 e. The van der Waals surface area contributed by atoms with Crippen molar-refractivity contribution in [1.29, 1.82) is 0 Å². The molecule has 0 spiro atoms. The number of imidazole rings is 1. The molecule has 1 aromatic heterocycles. The van der Waals surface area contributed by atoms with Crippen LogP contribution in [0.25, 0.3) is 22.4 Å². The molecular weight excluding hydrogens is 379 g/mol. The summed E-state index contributed by atoms with van der Waals surface area (Å²) in [6, 6.07) is 23.5. The summed E-state index contributed by atoms with van der Waals surface area (Å²) in [4.78, 5) is 4.82. The van der Waals surface area contributed by atoms with E-state index in [0.29, 0.717) is 22.4 Å². The van der Waals surface area contributed by atoms with E-state index in [1.54, 1.807) is 0 Å². The molecule has 0 saturated heterocycles. The molecule has 136 valence electrons. The van der Waals surface area contributed by atoms with Gasteiger partial charge in [0.25, 0.3) is 0 Å². The Hall–Kier alpha value is -2.49. The number of hydrogen-bond donors (Lipinski definition) is 0. The number of benzene rings is 3. The summed E-state index contributed by atoms with van der Waals surface area (Å²) in [6.07, 6.45) is 0.832. The number of nitrogens with zero attached hydrogens (tertiary/aromatic N) is 2. The first-order chi connectivity index (χ1) is 13.2. The maximum atomic E-state index is 6.19. The van der Waals surface area contributed by atoms with E-state index < -0.39 is 0 Å². The second kappa shape index (κ2) is 8.03. The molecule has 0 saturated carbocycles. The van der Waals surface area contributed by atoms with Crippen molar-refractivity contribution in [2.75, 3.05) is 6.61 Å². The molecule has 3 nitrogen and oxygen atoms in total. The Morgan fingerprint density at radius 3 is 2.56 bits per heavy atom. The topological polar surface area (TPSA) is 27.1 Å². The van der Waals surface area contributed by atoms with Crippen molar-refractivity contribution in [1.82, 2.24) is 9.55 Å². The third-order valence-corrected chi connectivity index (χ3v) is 4.90. The van der Waals surface area contributed by atoms with Gasteiger partial charge in [-0.3, -0.25) is 0 Å². The fraction of sp³-hybridized carbons (Fsp3) is 0.136. The Morgan fingerprint density at radius 1 is 0.889 bits per heavy atom. The second-order valence-corrected chi connectivity index (χ2v) is 7.06. The lowest BCUT2D eigenvalue weighted by Crippen LogP contribution is -2.06. The molecule has 0 radical (unpaired) electrons. The number of hydrogen-bond acceptors (Lipinski definition) is 2. The Morgan fingerprint density at radius 2 is 1.70 bits per heavy atom. The molecule has 4 aromatic rings. The van der Waals surface area contributed by atoms with E-state index in [1.165, 1.54) is 0 Å². The first kappa shape index (κ1) is 17.9. The lowest BCUT2D eigenvalue weighted by Gasteiger charge is -2.11. The lowest BCUT2D eigenvalue weighted by molar-refractivity contribution is 0.303. The van der Waals surface area contributed by atoms with Gasteiger partial charge in [0, 0.05) is 17.1 Å². The zero-order valence-electron chi connectivity index (χ0n) is 14.6. The quantitative estimate of drug-likeness (QED) is 0.348. The standard InChI is InChI=1S/C22H18Cl2N2O/c23-17-8-5-7-16(15-17)22-25-19-10-2-3-11-20(19)26(22)13-6-14-27-21-12-4-1-9-18(21)24/h1-5,7-12,15H,6,13-14H2. The Balaban J connectivity index is 1.57. The van der Waals surface area contributed by atoms with Gasteiger partial charge in [0.1, 0.15) is 11.6 Å². The maximum absolute atomic E-state index is 6.19. The molecule has 1 heterocycles. The third kappa shape index (κ3) is 3.95. The molecule has 3 aromatic carbocycles. The van der Waals surface area contributed by atoms with Crippen LogP contribution in [0.1, 0.15) is 6.42 Å². The molecule has 0 atom stereocenters. The highest BCUT2D eigenvalue weighted by Gasteiger charge is 2.12. The van der Waals surface area contributed by atoms with Crippen LogP contribution in [0.5, 0.6) is 5.75 Å². The largest absolute Gasteiger partial charge is 0.492 e. The van der Waals surface area contributed by atoms with Gasteiger partial charge in [-0.25, -0.2) is 4.98 Å². The molecule has 0 amide bonds. The highest BCUT2D eigenvalue weighted by molar-refractivity contribution is 6.32. The average molecular weight is 397 g/mol. The number of aryl methyl sites for hydroxylation is 1. The molecule has 0 aliphatic heterocycles. The molecule has 0 aliphatic carbocycles. The van der Waals surface area contributed by atoms with Gasteiger partial charge in [-0.2, -0.15) is 0 Å². The van der Waals surface area contributed by atoms with E-state index in [1.807, 2.05) is 66.7 Å². The van der Waals surface area contributed by atoms with Gasteiger partial charge in [0.05, 0.1) is 22.7 Å². The Bertz CT molecular complexity index is 1070. The molecular formula is C22H18Cl2N2O. The van der Waals surface area contributed by atoms with Crippen LogP contribution in [-0.4, -0.2) is 16.2 Å². The van der Waals surface area contributed by atoms with Crippen LogP contribution in [0, 0.1) is 0 Å². The van der Waals surface area contributed by atoms with Crippen LogP contribution in [-0.2, 0) is 6.54 Å². The molecule has 0 unspecified atom stereocenters. The van der Waals surface area contributed by atoms with Gasteiger partial charge in [0.15, 0.2) is 0 Å². The minimum absolute atomic E-state index is 0.575. The molecule has 0 fully saturated rings. The molecule has 0 bridgehead atoms. The van der Waals surface area contributed by atoms with Gasteiger partial charge in [-0.15, -0.1) is 0 Å². The zero-order chi connectivity index (χ0) is 18.6. The fourth-order valence-electron chi connectivity index (χ4n) is 3.12. The second-order valence-electron chi connectivity index (χ2n) is 6.22. The first-order valence-electron chi connectivity index (χ1n) is 8.81. The Kier molecular flexibility index (Phi) is 5.33. The molecule has 0 N–H and O–H groups in total. The number of fused-ring (bicyclic) bond motifs is 1. The number of rotatable bonds is 6. The van der Waals surface area contributed by atoms with Crippen LogP contribution < -0.4 is 4.74 Å². The van der Waals surface area contributed by atoms with Crippen molar-refractivity contribution >= 4 is 34.2 Å². The zero-order valence-corrected chi connectivity index (χ0v) is 16.1. The highest BCUT2D eigenvalue weighted by atomic mass is 35.5. The monoisotopic (exact) mass is 396 g/mol. The third-order valence-electron chi connectivity index (χ3n) is 4.36. The number of para-hydroxylation sites is 3. The normalized spacial score (nSPS) is 11.0. The summed E-state index contributed by atoms with van der Waals surface area (Å²) in [6.45, 7) is 1.36. The number of aromatic nitrogens is 2. The average Bonchev–Trinajstić information content (AvgIpc) is 3.05. The van der Waals surface area contributed by atoms with Crippen molar-refractivity contribution in [3.8, 4) is 17.1 Å². The van der Waals surface area contributed by atoms with Crippen molar-refractivity contribution in [3.63, 3.8) is 0 Å². The van der Waals surface area contributed by atoms with Crippen LogP contribution >= 0.6 is 23.2 Å². The maximum Gasteiger partial charge on any atom is 0.141 e. The van der Waals surface area contributed by atoms with E-state index in [-0.39, 0.29) is 0 Å². The summed E-state index contributed by atoms with van der Waals surface area (Å²) < 4.78 is 8.04. The highest BCUT2D eigenvalue weighted by Crippen LogP contribution is 2.27. The smallest absolute Gasteiger partial charge is 0.141 e. The lowest BCUT2D eigenvalue weighted by atomic mass is 10.2. The van der Waals surface area contributed by atoms with E-state index in [2.05, 4.69) is 10.6 Å². The van der Waals surface area contributed by atoms with Crippen molar-refractivity contribution in [2.24, 2.45) is 0 Å². The van der Waals surface area contributed by atoms with Gasteiger partial charge in [-0.05, 0) is 42.8 Å². The molecule has 5 heteroatoms. The fourth-order valence-corrected chi connectivity index (χ4v) is 3.50. The van der Waals surface area contributed by atoms with E-state index in [4.69, 9.17) is 32.9 Å². The van der Waals surface area contributed by atoms with E-state index >= 15 is 0 Å². The van der Waals surface area contributed by atoms with Crippen LogP contribution in [0.2, 0.25) is 10.0 Å².